The highest BCUT2D eigenvalue weighted by Crippen LogP contribution is 2.26. The summed E-state index contributed by atoms with van der Waals surface area (Å²) < 4.78 is 3.75. The minimum atomic E-state index is -0.126. The third-order valence-corrected chi connectivity index (χ3v) is 4.70. The second kappa shape index (κ2) is 7.12. The molecule has 2 aromatic rings. The molecule has 1 aliphatic heterocycles. The zero-order valence-electron chi connectivity index (χ0n) is 14.2. The van der Waals surface area contributed by atoms with Crippen molar-refractivity contribution in [3.05, 3.63) is 29.9 Å². The van der Waals surface area contributed by atoms with Gasteiger partial charge in [-0.15, -0.1) is 10.2 Å². The van der Waals surface area contributed by atoms with E-state index < -0.39 is 0 Å². The Balaban J connectivity index is 1.68. The van der Waals surface area contributed by atoms with Crippen molar-refractivity contribution in [3.63, 3.8) is 0 Å². The number of imidazole rings is 1. The predicted octanol–water partition coefficient (Wildman–Crippen LogP) is 0.472. The summed E-state index contributed by atoms with van der Waals surface area (Å²) in [6.45, 7) is 3.66. The van der Waals surface area contributed by atoms with Gasteiger partial charge in [0, 0.05) is 44.9 Å². The summed E-state index contributed by atoms with van der Waals surface area (Å²) in [6.07, 6.45) is 6.33. The second-order valence-corrected chi connectivity index (χ2v) is 6.20. The topological polar surface area (TPSA) is 89.1 Å². The molecular weight excluding hydrogens is 308 g/mol. The molecule has 0 radical (unpaired) electrons. The lowest BCUT2D eigenvalue weighted by Crippen LogP contribution is -2.41. The van der Waals surface area contributed by atoms with Crippen molar-refractivity contribution in [2.75, 3.05) is 13.1 Å². The van der Waals surface area contributed by atoms with E-state index in [9.17, 15) is 9.90 Å². The number of piperidine rings is 1. The Morgan fingerprint density at radius 2 is 2.21 bits per heavy atom. The van der Waals surface area contributed by atoms with Gasteiger partial charge in [0.15, 0.2) is 5.82 Å². The highest BCUT2D eigenvalue weighted by Gasteiger charge is 2.28. The van der Waals surface area contributed by atoms with Gasteiger partial charge in [0.2, 0.25) is 5.91 Å². The molecule has 1 atom stereocenters. The smallest absolute Gasteiger partial charge is 0.242 e. The minimum Gasteiger partial charge on any atom is -0.388 e. The van der Waals surface area contributed by atoms with E-state index in [0.717, 1.165) is 37.5 Å². The van der Waals surface area contributed by atoms with Crippen molar-refractivity contribution < 1.29 is 9.90 Å². The maximum atomic E-state index is 12.7. The summed E-state index contributed by atoms with van der Waals surface area (Å²) in [7, 11) is 1.86. The number of nitrogens with zero attached hydrogens (tertiary/aromatic N) is 6. The van der Waals surface area contributed by atoms with Crippen molar-refractivity contribution in [2.45, 2.75) is 45.3 Å². The van der Waals surface area contributed by atoms with Gasteiger partial charge in [-0.25, -0.2) is 4.98 Å². The van der Waals surface area contributed by atoms with E-state index >= 15 is 0 Å². The van der Waals surface area contributed by atoms with Gasteiger partial charge in [0.05, 0.1) is 0 Å². The molecule has 1 amide bonds. The molecular formula is C16H24N6O2. The summed E-state index contributed by atoms with van der Waals surface area (Å²) >= 11 is 0. The molecule has 2 aromatic heterocycles. The lowest BCUT2D eigenvalue weighted by Gasteiger charge is -2.32. The number of aliphatic hydroxyl groups excluding tert-OH is 1. The standard InChI is InChI=1S/C16H24N6O2/c1-3-13-17-6-8-21(13)10-15(24)22-7-4-5-12(9-22)16-19-18-14(11-23)20(16)2/h6,8,12,23H,3-5,7,9-11H2,1-2H3/t12-/m0/s1. The predicted molar refractivity (Wildman–Crippen MR) is 87.1 cm³/mol. The van der Waals surface area contributed by atoms with Crippen LogP contribution in [0.4, 0.5) is 0 Å². The van der Waals surface area contributed by atoms with Gasteiger partial charge < -0.3 is 19.1 Å². The number of aryl methyl sites for hydroxylation is 1. The zero-order valence-corrected chi connectivity index (χ0v) is 14.2. The van der Waals surface area contributed by atoms with Gasteiger partial charge in [0.25, 0.3) is 0 Å². The molecule has 8 heteroatoms. The van der Waals surface area contributed by atoms with Crippen LogP contribution in [0.25, 0.3) is 0 Å². The Morgan fingerprint density at radius 1 is 1.38 bits per heavy atom. The van der Waals surface area contributed by atoms with Crippen LogP contribution in [0.1, 0.15) is 43.2 Å². The molecule has 0 bridgehead atoms. The number of aromatic nitrogens is 5. The molecule has 0 spiro atoms. The lowest BCUT2D eigenvalue weighted by atomic mass is 9.97. The van der Waals surface area contributed by atoms with Crippen molar-refractivity contribution in [1.29, 1.82) is 0 Å². The van der Waals surface area contributed by atoms with Gasteiger partial charge in [-0.2, -0.15) is 0 Å². The first kappa shape index (κ1) is 16.6. The lowest BCUT2D eigenvalue weighted by molar-refractivity contribution is -0.133. The maximum absolute atomic E-state index is 12.7. The van der Waals surface area contributed by atoms with Gasteiger partial charge in [-0.05, 0) is 12.8 Å². The quantitative estimate of drug-likeness (QED) is 0.860. The van der Waals surface area contributed by atoms with E-state index in [-0.39, 0.29) is 18.4 Å². The third kappa shape index (κ3) is 3.19. The zero-order chi connectivity index (χ0) is 17.1. The molecule has 0 aliphatic carbocycles. The van der Waals surface area contributed by atoms with Crippen molar-refractivity contribution in [3.8, 4) is 0 Å². The van der Waals surface area contributed by atoms with Crippen LogP contribution in [0.15, 0.2) is 12.4 Å². The fourth-order valence-electron chi connectivity index (χ4n) is 3.33. The van der Waals surface area contributed by atoms with Crippen LogP contribution in [0.5, 0.6) is 0 Å². The number of likely N-dealkylation sites (tertiary alicyclic amines) is 1. The average molecular weight is 332 g/mol. The summed E-state index contributed by atoms with van der Waals surface area (Å²) in [4.78, 5) is 18.8. The molecule has 0 saturated carbocycles. The van der Waals surface area contributed by atoms with Crippen molar-refractivity contribution >= 4 is 5.91 Å². The van der Waals surface area contributed by atoms with E-state index in [1.54, 1.807) is 6.20 Å². The molecule has 3 rings (SSSR count). The van der Waals surface area contributed by atoms with Gasteiger partial charge in [-0.1, -0.05) is 6.92 Å². The van der Waals surface area contributed by atoms with Gasteiger partial charge >= 0.3 is 0 Å². The van der Waals surface area contributed by atoms with Crippen LogP contribution in [-0.4, -0.2) is 53.3 Å². The van der Waals surface area contributed by atoms with E-state index in [1.807, 2.05) is 34.2 Å². The van der Waals surface area contributed by atoms with Crippen LogP contribution < -0.4 is 0 Å². The fourth-order valence-corrected chi connectivity index (χ4v) is 3.33. The Hall–Kier alpha value is -2.22. The minimum absolute atomic E-state index is 0.108. The van der Waals surface area contributed by atoms with Crippen LogP contribution in [0.2, 0.25) is 0 Å². The molecule has 0 unspecified atom stereocenters. The number of rotatable bonds is 5. The van der Waals surface area contributed by atoms with Crippen LogP contribution in [0, 0.1) is 0 Å². The molecule has 1 aliphatic rings. The molecule has 1 saturated heterocycles. The molecule has 8 nitrogen and oxygen atoms in total. The number of aliphatic hydroxyl groups is 1. The Kier molecular flexibility index (Phi) is 4.94. The van der Waals surface area contributed by atoms with E-state index in [1.165, 1.54) is 0 Å². The van der Waals surface area contributed by atoms with Gasteiger partial charge in [-0.3, -0.25) is 4.79 Å². The van der Waals surface area contributed by atoms with E-state index in [2.05, 4.69) is 15.2 Å². The summed E-state index contributed by atoms with van der Waals surface area (Å²) in [5, 5.41) is 17.5. The molecule has 3 heterocycles. The maximum Gasteiger partial charge on any atom is 0.242 e. The average Bonchev–Trinajstić information content (AvgIpc) is 3.20. The number of carbonyl (C=O) groups is 1. The molecule has 0 aromatic carbocycles. The molecule has 24 heavy (non-hydrogen) atoms. The molecule has 1 N–H and O–H groups in total. The summed E-state index contributed by atoms with van der Waals surface area (Å²) in [5.74, 6) is 2.59. The largest absolute Gasteiger partial charge is 0.388 e. The molecule has 130 valence electrons. The van der Waals surface area contributed by atoms with Crippen LogP contribution >= 0.6 is 0 Å². The first-order chi connectivity index (χ1) is 11.6. The Bertz CT molecular complexity index is 707. The van der Waals surface area contributed by atoms with E-state index in [4.69, 9.17) is 0 Å². The SMILES string of the molecule is CCc1nccn1CC(=O)N1CCC[C@H](c2nnc(CO)n2C)C1. The second-order valence-electron chi connectivity index (χ2n) is 6.20. The first-order valence-electron chi connectivity index (χ1n) is 8.40. The number of hydrogen-bond acceptors (Lipinski definition) is 5. The van der Waals surface area contributed by atoms with Crippen LogP contribution in [-0.2, 0) is 31.4 Å². The van der Waals surface area contributed by atoms with Crippen molar-refractivity contribution in [1.82, 2.24) is 29.2 Å². The third-order valence-electron chi connectivity index (χ3n) is 4.70. The fraction of sp³-hybridized carbons (Fsp3) is 0.625. The van der Waals surface area contributed by atoms with Crippen LogP contribution in [0.3, 0.4) is 0 Å². The Morgan fingerprint density at radius 3 is 2.92 bits per heavy atom. The van der Waals surface area contributed by atoms with Gasteiger partial charge in [0.1, 0.15) is 24.8 Å². The summed E-state index contributed by atoms with van der Waals surface area (Å²) in [5.41, 5.74) is 0. The Labute approximate surface area is 141 Å². The number of carbonyl (C=O) groups excluding carboxylic acids is 1. The normalized spacial score (nSPS) is 18.1. The monoisotopic (exact) mass is 332 g/mol. The van der Waals surface area contributed by atoms with Crippen molar-refractivity contribution in [2.24, 2.45) is 7.05 Å². The number of amides is 1. The highest BCUT2D eigenvalue weighted by atomic mass is 16.3. The molecule has 1 fully saturated rings. The van der Waals surface area contributed by atoms with E-state index in [0.29, 0.717) is 18.9 Å². The first-order valence-corrected chi connectivity index (χ1v) is 8.40. The summed E-state index contributed by atoms with van der Waals surface area (Å²) in [6, 6.07) is 0. The number of hydrogen-bond donors (Lipinski definition) is 1. The highest BCUT2D eigenvalue weighted by molar-refractivity contribution is 5.76.